The van der Waals surface area contributed by atoms with Crippen LogP contribution in [0.1, 0.15) is 21.5 Å². The summed E-state index contributed by atoms with van der Waals surface area (Å²) >= 11 is 3.43. The molecule has 0 aliphatic heterocycles. The molecule has 3 nitrogen and oxygen atoms in total. The van der Waals surface area contributed by atoms with Crippen molar-refractivity contribution in [1.82, 2.24) is 4.90 Å². The SMILES string of the molecule is Cc1ccc(C(=O)N(C)Cc2cccc(Br)c2)cc1N. The van der Waals surface area contributed by atoms with E-state index >= 15 is 0 Å². The van der Waals surface area contributed by atoms with E-state index in [0.29, 0.717) is 17.8 Å². The van der Waals surface area contributed by atoms with Gasteiger partial charge in [-0.25, -0.2) is 0 Å². The van der Waals surface area contributed by atoms with E-state index in [1.54, 1.807) is 18.0 Å². The molecule has 2 aromatic rings. The summed E-state index contributed by atoms with van der Waals surface area (Å²) in [6, 6.07) is 13.3. The molecule has 0 unspecified atom stereocenters. The lowest BCUT2D eigenvalue weighted by Crippen LogP contribution is -2.26. The molecule has 4 heteroatoms. The Hall–Kier alpha value is -1.81. The smallest absolute Gasteiger partial charge is 0.253 e. The van der Waals surface area contributed by atoms with Crippen molar-refractivity contribution in [3.05, 3.63) is 63.6 Å². The fraction of sp³-hybridized carbons (Fsp3) is 0.188. The highest BCUT2D eigenvalue weighted by atomic mass is 79.9. The molecule has 0 atom stereocenters. The number of benzene rings is 2. The molecule has 2 N–H and O–H groups in total. The Morgan fingerprint density at radius 2 is 2.00 bits per heavy atom. The van der Waals surface area contributed by atoms with E-state index in [-0.39, 0.29) is 5.91 Å². The molecule has 20 heavy (non-hydrogen) atoms. The lowest BCUT2D eigenvalue weighted by molar-refractivity contribution is 0.0785. The first-order valence-electron chi connectivity index (χ1n) is 6.33. The van der Waals surface area contributed by atoms with Gasteiger partial charge in [0, 0.05) is 29.3 Å². The van der Waals surface area contributed by atoms with Crippen LogP contribution >= 0.6 is 15.9 Å². The molecule has 1 amide bonds. The summed E-state index contributed by atoms with van der Waals surface area (Å²) in [5, 5.41) is 0. The predicted octanol–water partition coefficient (Wildman–Crippen LogP) is 3.61. The van der Waals surface area contributed by atoms with Gasteiger partial charge in [-0.1, -0.05) is 34.1 Å². The third-order valence-corrected chi connectivity index (χ3v) is 3.67. The Bertz CT molecular complexity index is 640. The number of amides is 1. The number of halogens is 1. The van der Waals surface area contributed by atoms with Crippen molar-refractivity contribution in [3.8, 4) is 0 Å². The molecule has 0 saturated heterocycles. The maximum Gasteiger partial charge on any atom is 0.253 e. The molecule has 0 aliphatic rings. The maximum atomic E-state index is 12.4. The number of hydrogen-bond donors (Lipinski definition) is 1. The van der Waals surface area contributed by atoms with Crippen molar-refractivity contribution >= 4 is 27.5 Å². The molecule has 2 aromatic carbocycles. The van der Waals surface area contributed by atoms with Gasteiger partial charge in [0.05, 0.1) is 0 Å². The fourth-order valence-corrected chi connectivity index (χ4v) is 2.42. The van der Waals surface area contributed by atoms with Gasteiger partial charge in [-0.05, 0) is 42.3 Å². The molecule has 0 aromatic heterocycles. The van der Waals surface area contributed by atoms with Crippen LogP contribution in [0.25, 0.3) is 0 Å². The van der Waals surface area contributed by atoms with Crippen LogP contribution in [0.5, 0.6) is 0 Å². The average Bonchev–Trinajstić information content (AvgIpc) is 2.41. The molecule has 104 valence electrons. The third-order valence-electron chi connectivity index (χ3n) is 3.18. The van der Waals surface area contributed by atoms with Gasteiger partial charge >= 0.3 is 0 Å². The van der Waals surface area contributed by atoms with E-state index in [4.69, 9.17) is 5.73 Å². The Balaban J connectivity index is 2.14. The molecule has 0 fully saturated rings. The number of carbonyl (C=O) groups excluding carboxylic acids is 1. The van der Waals surface area contributed by atoms with Crippen molar-refractivity contribution in [2.24, 2.45) is 0 Å². The van der Waals surface area contributed by atoms with Gasteiger partial charge < -0.3 is 10.6 Å². The van der Waals surface area contributed by atoms with Gasteiger partial charge in [-0.2, -0.15) is 0 Å². The molecular weight excluding hydrogens is 316 g/mol. The van der Waals surface area contributed by atoms with Crippen LogP contribution in [0.2, 0.25) is 0 Å². The van der Waals surface area contributed by atoms with Crippen LogP contribution in [0.3, 0.4) is 0 Å². The van der Waals surface area contributed by atoms with Crippen molar-refractivity contribution in [2.75, 3.05) is 12.8 Å². The van der Waals surface area contributed by atoms with Gasteiger partial charge in [0.15, 0.2) is 0 Å². The number of carbonyl (C=O) groups is 1. The Kier molecular flexibility index (Phi) is 4.45. The van der Waals surface area contributed by atoms with E-state index < -0.39 is 0 Å². The summed E-state index contributed by atoms with van der Waals surface area (Å²) in [4.78, 5) is 14.0. The van der Waals surface area contributed by atoms with Crippen molar-refractivity contribution in [2.45, 2.75) is 13.5 Å². The average molecular weight is 333 g/mol. The number of aryl methyl sites for hydroxylation is 1. The highest BCUT2D eigenvalue weighted by molar-refractivity contribution is 9.10. The zero-order valence-electron chi connectivity index (χ0n) is 11.6. The van der Waals surface area contributed by atoms with E-state index in [1.165, 1.54) is 0 Å². The second-order valence-corrected chi connectivity index (χ2v) is 5.78. The van der Waals surface area contributed by atoms with Crippen LogP contribution in [-0.4, -0.2) is 17.9 Å². The first kappa shape index (κ1) is 14.6. The zero-order chi connectivity index (χ0) is 14.7. The number of nitrogens with two attached hydrogens (primary N) is 1. The van der Waals surface area contributed by atoms with Crippen LogP contribution in [-0.2, 0) is 6.54 Å². The topological polar surface area (TPSA) is 46.3 Å². The summed E-state index contributed by atoms with van der Waals surface area (Å²) in [6.07, 6.45) is 0. The number of nitrogens with zero attached hydrogens (tertiary/aromatic N) is 1. The lowest BCUT2D eigenvalue weighted by atomic mass is 10.1. The summed E-state index contributed by atoms with van der Waals surface area (Å²) in [5.74, 6) is -0.0309. The Labute approximate surface area is 127 Å². The van der Waals surface area contributed by atoms with Gasteiger partial charge in [0.1, 0.15) is 0 Å². The fourth-order valence-electron chi connectivity index (χ4n) is 1.97. The minimum Gasteiger partial charge on any atom is -0.398 e. The lowest BCUT2D eigenvalue weighted by Gasteiger charge is -2.18. The number of nitrogen functional groups attached to an aromatic ring is 1. The maximum absolute atomic E-state index is 12.4. The molecule has 2 rings (SSSR count). The second kappa shape index (κ2) is 6.09. The van der Waals surface area contributed by atoms with E-state index in [9.17, 15) is 4.79 Å². The van der Waals surface area contributed by atoms with Gasteiger partial charge in [0.25, 0.3) is 5.91 Å². The third kappa shape index (κ3) is 3.39. The Morgan fingerprint density at radius 1 is 1.25 bits per heavy atom. The second-order valence-electron chi connectivity index (χ2n) is 4.86. The van der Waals surface area contributed by atoms with Crippen LogP contribution in [0, 0.1) is 6.92 Å². The monoisotopic (exact) mass is 332 g/mol. The first-order valence-corrected chi connectivity index (χ1v) is 7.12. The van der Waals surface area contributed by atoms with E-state index in [1.807, 2.05) is 43.3 Å². The van der Waals surface area contributed by atoms with E-state index in [2.05, 4.69) is 15.9 Å². The van der Waals surface area contributed by atoms with Crippen LogP contribution < -0.4 is 5.73 Å². The number of rotatable bonds is 3. The van der Waals surface area contributed by atoms with Crippen LogP contribution in [0.15, 0.2) is 46.9 Å². The zero-order valence-corrected chi connectivity index (χ0v) is 13.1. The van der Waals surface area contributed by atoms with Crippen molar-refractivity contribution in [3.63, 3.8) is 0 Å². The highest BCUT2D eigenvalue weighted by Gasteiger charge is 2.13. The largest absolute Gasteiger partial charge is 0.398 e. The molecule has 0 heterocycles. The molecule has 0 aliphatic carbocycles. The van der Waals surface area contributed by atoms with Crippen LogP contribution in [0.4, 0.5) is 5.69 Å². The van der Waals surface area contributed by atoms with Gasteiger partial charge in [-0.3, -0.25) is 4.79 Å². The minimum atomic E-state index is -0.0309. The molecule has 0 bridgehead atoms. The predicted molar refractivity (Wildman–Crippen MR) is 85.5 cm³/mol. The van der Waals surface area contributed by atoms with E-state index in [0.717, 1.165) is 15.6 Å². The quantitative estimate of drug-likeness (QED) is 0.872. The standard InChI is InChI=1S/C16H17BrN2O/c1-11-6-7-13(9-15(11)18)16(20)19(2)10-12-4-3-5-14(17)8-12/h3-9H,10,18H2,1-2H3. The van der Waals surface area contributed by atoms with Gasteiger partial charge in [-0.15, -0.1) is 0 Å². The van der Waals surface area contributed by atoms with Gasteiger partial charge in [0.2, 0.25) is 0 Å². The summed E-state index contributed by atoms with van der Waals surface area (Å²) < 4.78 is 1.01. The molecular formula is C16H17BrN2O. The van der Waals surface area contributed by atoms with Crippen molar-refractivity contribution in [1.29, 1.82) is 0 Å². The molecule has 0 saturated carbocycles. The summed E-state index contributed by atoms with van der Waals surface area (Å²) in [5.41, 5.74) is 9.18. The first-order chi connectivity index (χ1) is 9.47. The Morgan fingerprint density at radius 3 is 2.65 bits per heavy atom. The normalized spacial score (nSPS) is 10.3. The highest BCUT2D eigenvalue weighted by Crippen LogP contribution is 2.17. The van der Waals surface area contributed by atoms with Crippen molar-refractivity contribution < 1.29 is 4.79 Å². The summed E-state index contributed by atoms with van der Waals surface area (Å²) in [7, 11) is 1.79. The number of hydrogen-bond acceptors (Lipinski definition) is 2. The number of anilines is 1. The minimum absolute atomic E-state index is 0.0309. The summed E-state index contributed by atoms with van der Waals surface area (Å²) in [6.45, 7) is 2.49. The molecule has 0 spiro atoms. The molecule has 0 radical (unpaired) electrons.